The molecule has 0 radical (unpaired) electrons. The van der Waals surface area contributed by atoms with Crippen LogP contribution < -0.4 is 4.90 Å². The lowest BCUT2D eigenvalue weighted by Crippen LogP contribution is -2.40. The average Bonchev–Trinajstić information content (AvgIpc) is 2.30. The zero-order chi connectivity index (χ0) is 10.7. The summed E-state index contributed by atoms with van der Waals surface area (Å²) in [5.41, 5.74) is 0.748. The van der Waals surface area contributed by atoms with Gasteiger partial charge in [0.05, 0.1) is 12.3 Å². The van der Waals surface area contributed by atoms with E-state index in [-0.39, 0.29) is 6.61 Å². The number of pyridine rings is 1. The van der Waals surface area contributed by atoms with Gasteiger partial charge in [-0.25, -0.2) is 4.98 Å². The third-order valence-corrected chi connectivity index (χ3v) is 3.81. The number of hydrogen-bond acceptors (Lipinski definition) is 4. The number of aliphatic hydroxyl groups excluding tert-OH is 1. The number of hydrogen-bond donors (Lipinski definition) is 1. The summed E-state index contributed by atoms with van der Waals surface area (Å²) in [5, 5.41) is 9.04. The van der Waals surface area contributed by atoms with Gasteiger partial charge in [0.2, 0.25) is 0 Å². The van der Waals surface area contributed by atoms with Crippen LogP contribution in [-0.4, -0.2) is 34.2 Å². The van der Waals surface area contributed by atoms with E-state index in [1.54, 1.807) is 0 Å². The lowest BCUT2D eigenvalue weighted by atomic mass is 10.3. The van der Waals surface area contributed by atoms with E-state index < -0.39 is 0 Å². The molecule has 4 heteroatoms. The molecular weight excluding hydrogens is 208 g/mol. The van der Waals surface area contributed by atoms with E-state index in [1.807, 2.05) is 30.0 Å². The third kappa shape index (κ3) is 2.44. The summed E-state index contributed by atoms with van der Waals surface area (Å²) < 4.78 is 0. The van der Waals surface area contributed by atoms with Crippen molar-refractivity contribution in [3.8, 4) is 0 Å². The Hall–Kier alpha value is -0.740. The number of nitrogens with zero attached hydrogens (tertiary/aromatic N) is 2. The van der Waals surface area contributed by atoms with Gasteiger partial charge in [0, 0.05) is 24.1 Å². The molecule has 1 aliphatic heterocycles. The molecule has 0 spiro atoms. The summed E-state index contributed by atoms with van der Waals surface area (Å²) in [6.07, 6.45) is 0. The first-order valence-corrected chi connectivity index (χ1v) is 6.38. The van der Waals surface area contributed by atoms with E-state index in [2.05, 4.69) is 16.8 Å². The fourth-order valence-electron chi connectivity index (χ4n) is 1.78. The highest BCUT2D eigenvalue weighted by Gasteiger charge is 2.19. The van der Waals surface area contributed by atoms with Crippen LogP contribution in [0.5, 0.6) is 0 Å². The van der Waals surface area contributed by atoms with Crippen molar-refractivity contribution in [3.63, 3.8) is 0 Å². The summed E-state index contributed by atoms with van der Waals surface area (Å²) in [4.78, 5) is 6.75. The summed E-state index contributed by atoms with van der Waals surface area (Å²) >= 11 is 1.99. The van der Waals surface area contributed by atoms with Crippen LogP contribution in [0.4, 0.5) is 5.82 Å². The quantitative estimate of drug-likeness (QED) is 0.826. The lowest BCUT2D eigenvalue weighted by Gasteiger charge is -2.34. The molecule has 0 aromatic carbocycles. The summed E-state index contributed by atoms with van der Waals surface area (Å²) in [7, 11) is 0. The summed E-state index contributed by atoms with van der Waals surface area (Å²) in [6.45, 7) is 3.29. The Morgan fingerprint density at radius 3 is 3.20 bits per heavy atom. The van der Waals surface area contributed by atoms with Gasteiger partial charge >= 0.3 is 0 Å². The molecule has 2 rings (SSSR count). The molecule has 1 aliphatic rings. The van der Waals surface area contributed by atoms with Gasteiger partial charge in [0.15, 0.2) is 0 Å². The van der Waals surface area contributed by atoms with Crippen molar-refractivity contribution in [3.05, 3.63) is 23.9 Å². The number of thioether (sulfide) groups is 1. The van der Waals surface area contributed by atoms with Crippen molar-refractivity contribution in [2.45, 2.75) is 19.6 Å². The first-order chi connectivity index (χ1) is 7.31. The topological polar surface area (TPSA) is 36.4 Å². The minimum atomic E-state index is 0.0187. The highest BCUT2D eigenvalue weighted by atomic mass is 32.2. The highest BCUT2D eigenvalue weighted by Crippen LogP contribution is 2.22. The SMILES string of the molecule is CC1CSCCN1c1cccc(CO)n1. The normalized spacial score (nSPS) is 21.7. The molecule has 1 aromatic heterocycles. The Labute approximate surface area is 94.5 Å². The zero-order valence-electron chi connectivity index (χ0n) is 8.89. The van der Waals surface area contributed by atoms with Gasteiger partial charge in [-0.3, -0.25) is 0 Å². The molecule has 0 saturated carbocycles. The number of rotatable bonds is 2. The Morgan fingerprint density at radius 1 is 1.60 bits per heavy atom. The lowest BCUT2D eigenvalue weighted by molar-refractivity contribution is 0.277. The molecule has 0 amide bonds. The van der Waals surface area contributed by atoms with Crippen LogP contribution in [0.2, 0.25) is 0 Å². The minimum Gasteiger partial charge on any atom is -0.390 e. The van der Waals surface area contributed by atoms with E-state index in [0.717, 1.165) is 29.6 Å². The maximum absolute atomic E-state index is 9.04. The van der Waals surface area contributed by atoms with Gasteiger partial charge in [0.1, 0.15) is 5.82 Å². The van der Waals surface area contributed by atoms with Crippen molar-refractivity contribution >= 4 is 17.6 Å². The van der Waals surface area contributed by atoms with Crippen molar-refractivity contribution in [2.75, 3.05) is 23.0 Å². The maximum atomic E-state index is 9.04. The Bertz CT molecular complexity index is 332. The van der Waals surface area contributed by atoms with E-state index >= 15 is 0 Å². The third-order valence-electron chi connectivity index (χ3n) is 2.62. The number of aliphatic hydroxyl groups is 1. The molecule has 1 N–H and O–H groups in total. The standard InChI is InChI=1S/C11H16N2OS/c1-9-8-15-6-5-13(9)11-4-2-3-10(7-14)12-11/h2-4,9,14H,5-8H2,1H3. The predicted octanol–water partition coefficient (Wildman–Crippen LogP) is 1.52. The number of aromatic nitrogens is 1. The average molecular weight is 224 g/mol. The van der Waals surface area contributed by atoms with Gasteiger partial charge < -0.3 is 10.0 Å². The maximum Gasteiger partial charge on any atom is 0.129 e. The number of anilines is 1. The predicted molar refractivity (Wildman–Crippen MR) is 64.3 cm³/mol. The van der Waals surface area contributed by atoms with Crippen LogP contribution in [-0.2, 0) is 6.61 Å². The van der Waals surface area contributed by atoms with E-state index in [1.165, 1.54) is 0 Å². The second-order valence-corrected chi connectivity index (χ2v) is 4.91. The molecule has 82 valence electrons. The Kier molecular flexibility index (Phi) is 3.49. The van der Waals surface area contributed by atoms with Gasteiger partial charge in [-0.2, -0.15) is 11.8 Å². The van der Waals surface area contributed by atoms with Gasteiger partial charge in [-0.05, 0) is 19.1 Å². The monoisotopic (exact) mass is 224 g/mol. The first kappa shape index (κ1) is 10.8. The minimum absolute atomic E-state index is 0.0187. The van der Waals surface area contributed by atoms with E-state index in [0.29, 0.717) is 6.04 Å². The van der Waals surface area contributed by atoms with Gasteiger partial charge in [0.25, 0.3) is 0 Å². The molecule has 1 saturated heterocycles. The second-order valence-electron chi connectivity index (χ2n) is 3.76. The fourth-order valence-corrected chi connectivity index (χ4v) is 2.80. The molecule has 2 heterocycles. The van der Waals surface area contributed by atoms with Crippen LogP contribution in [0.15, 0.2) is 18.2 Å². The van der Waals surface area contributed by atoms with Crippen LogP contribution in [0.1, 0.15) is 12.6 Å². The van der Waals surface area contributed by atoms with Gasteiger partial charge in [-0.1, -0.05) is 6.07 Å². The van der Waals surface area contributed by atoms with Crippen molar-refractivity contribution in [2.24, 2.45) is 0 Å². The van der Waals surface area contributed by atoms with Gasteiger partial charge in [-0.15, -0.1) is 0 Å². The molecule has 3 nitrogen and oxygen atoms in total. The van der Waals surface area contributed by atoms with E-state index in [4.69, 9.17) is 5.11 Å². The van der Waals surface area contributed by atoms with Crippen molar-refractivity contribution in [1.82, 2.24) is 4.98 Å². The van der Waals surface area contributed by atoms with Crippen LogP contribution in [0.3, 0.4) is 0 Å². The van der Waals surface area contributed by atoms with Crippen molar-refractivity contribution < 1.29 is 5.11 Å². The largest absolute Gasteiger partial charge is 0.390 e. The second kappa shape index (κ2) is 4.86. The molecule has 0 bridgehead atoms. The fraction of sp³-hybridized carbons (Fsp3) is 0.545. The molecule has 15 heavy (non-hydrogen) atoms. The van der Waals surface area contributed by atoms with Crippen molar-refractivity contribution in [1.29, 1.82) is 0 Å². The summed E-state index contributed by atoms with van der Waals surface area (Å²) in [6, 6.07) is 6.37. The Morgan fingerprint density at radius 2 is 2.47 bits per heavy atom. The zero-order valence-corrected chi connectivity index (χ0v) is 9.70. The molecular formula is C11H16N2OS. The molecule has 1 aromatic rings. The highest BCUT2D eigenvalue weighted by molar-refractivity contribution is 7.99. The van der Waals surface area contributed by atoms with Crippen LogP contribution >= 0.6 is 11.8 Å². The Balaban J connectivity index is 2.19. The molecule has 1 unspecified atom stereocenters. The molecule has 1 fully saturated rings. The molecule has 1 atom stereocenters. The van der Waals surface area contributed by atoms with Crippen LogP contribution in [0, 0.1) is 0 Å². The summed E-state index contributed by atoms with van der Waals surface area (Å²) in [5.74, 6) is 3.31. The molecule has 0 aliphatic carbocycles. The smallest absolute Gasteiger partial charge is 0.129 e. The van der Waals surface area contributed by atoms with Crippen LogP contribution in [0.25, 0.3) is 0 Å². The van der Waals surface area contributed by atoms with E-state index in [9.17, 15) is 0 Å². The first-order valence-electron chi connectivity index (χ1n) is 5.22.